The summed E-state index contributed by atoms with van der Waals surface area (Å²) in [7, 11) is 1.37. The molecule has 0 saturated carbocycles. The number of non-ortho nitro benzene ring substituents is 1. The van der Waals surface area contributed by atoms with Crippen molar-refractivity contribution in [2.45, 2.75) is 13.8 Å². The molecule has 0 aliphatic carbocycles. The lowest BCUT2D eigenvalue weighted by Crippen LogP contribution is -2.13. The number of hydrogen-bond acceptors (Lipinski definition) is 6. The molecule has 1 amide bonds. The van der Waals surface area contributed by atoms with Crippen LogP contribution in [0.2, 0.25) is 0 Å². The van der Waals surface area contributed by atoms with Crippen LogP contribution in [0.1, 0.15) is 24.2 Å². The molecule has 8 heteroatoms. The van der Waals surface area contributed by atoms with E-state index in [2.05, 4.69) is 5.32 Å². The van der Waals surface area contributed by atoms with Crippen LogP contribution in [0, 0.1) is 10.1 Å². The molecule has 0 bridgehead atoms. The summed E-state index contributed by atoms with van der Waals surface area (Å²) in [5.41, 5.74) is 0.527. The van der Waals surface area contributed by atoms with Gasteiger partial charge in [-0.15, -0.1) is 0 Å². The predicted octanol–water partition coefficient (Wildman–Crippen LogP) is 3.65. The van der Waals surface area contributed by atoms with Crippen LogP contribution in [-0.4, -0.2) is 31.2 Å². The second-order valence-corrected chi connectivity index (χ2v) is 5.15. The van der Waals surface area contributed by atoms with E-state index in [0.717, 1.165) is 0 Å². The van der Waals surface area contributed by atoms with Gasteiger partial charge in [0.1, 0.15) is 17.2 Å². The van der Waals surface area contributed by atoms with Crippen LogP contribution in [0.3, 0.4) is 0 Å². The van der Waals surface area contributed by atoms with Crippen molar-refractivity contribution in [3.8, 4) is 17.2 Å². The number of carbonyl (C=O) groups is 1. The number of benzene rings is 2. The van der Waals surface area contributed by atoms with Crippen LogP contribution in [0.5, 0.6) is 17.2 Å². The lowest BCUT2D eigenvalue weighted by Gasteiger charge is -2.12. The molecule has 2 aromatic rings. The first kappa shape index (κ1) is 19.0. The Balaban J connectivity index is 2.30. The summed E-state index contributed by atoms with van der Waals surface area (Å²) in [6, 6.07) is 8.86. The van der Waals surface area contributed by atoms with E-state index in [9.17, 15) is 14.9 Å². The number of methoxy groups -OCH3 is 1. The number of rotatable bonds is 8. The molecule has 8 nitrogen and oxygen atoms in total. The molecule has 0 unspecified atom stereocenters. The van der Waals surface area contributed by atoms with E-state index in [1.165, 1.54) is 25.3 Å². The number of amides is 1. The number of nitrogens with zero attached hydrogens (tertiary/aromatic N) is 1. The average Bonchev–Trinajstić information content (AvgIpc) is 2.62. The van der Waals surface area contributed by atoms with Crippen LogP contribution in [0.15, 0.2) is 36.4 Å². The molecule has 0 atom stereocenters. The van der Waals surface area contributed by atoms with Gasteiger partial charge in [-0.05, 0) is 32.0 Å². The van der Waals surface area contributed by atoms with Gasteiger partial charge in [-0.1, -0.05) is 0 Å². The Morgan fingerprint density at radius 1 is 1.08 bits per heavy atom. The highest BCUT2D eigenvalue weighted by molar-refractivity contribution is 6.05. The summed E-state index contributed by atoms with van der Waals surface area (Å²) in [4.78, 5) is 22.9. The van der Waals surface area contributed by atoms with Gasteiger partial charge in [0.25, 0.3) is 11.6 Å². The topological polar surface area (TPSA) is 99.9 Å². The van der Waals surface area contributed by atoms with Crippen molar-refractivity contribution in [1.82, 2.24) is 0 Å². The lowest BCUT2D eigenvalue weighted by atomic mass is 10.1. The van der Waals surface area contributed by atoms with Crippen molar-refractivity contribution in [2.24, 2.45) is 0 Å². The van der Waals surface area contributed by atoms with Gasteiger partial charge in [-0.2, -0.15) is 0 Å². The smallest absolute Gasteiger partial charge is 0.273 e. The monoisotopic (exact) mass is 360 g/mol. The Hall–Kier alpha value is -3.29. The molecule has 26 heavy (non-hydrogen) atoms. The zero-order chi connectivity index (χ0) is 19.1. The second-order valence-electron chi connectivity index (χ2n) is 5.15. The third-order valence-corrected chi connectivity index (χ3v) is 3.41. The fraction of sp³-hybridized carbons (Fsp3) is 0.278. The van der Waals surface area contributed by atoms with Crippen molar-refractivity contribution < 1.29 is 23.9 Å². The summed E-state index contributed by atoms with van der Waals surface area (Å²) in [6.45, 7) is 4.59. The highest BCUT2D eigenvalue weighted by atomic mass is 16.6. The number of nitrogens with one attached hydrogen (secondary N) is 1. The van der Waals surface area contributed by atoms with Crippen molar-refractivity contribution in [3.63, 3.8) is 0 Å². The SMILES string of the molecule is CCOc1cc(OCC)cc(C(=O)Nc2ccc([N+](=O)[O-])cc2OC)c1. The zero-order valence-corrected chi connectivity index (χ0v) is 14.8. The van der Waals surface area contributed by atoms with Crippen LogP contribution in [-0.2, 0) is 0 Å². The molecule has 138 valence electrons. The molecule has 0 spiro atoms. The Kier molecular flexibility index (Phi) is 6.37. The summed E-state index contributed by atoms with van der Waals surface area (Å²) >= 11 is 0. The zero-order valence-electron chi connectivity index (χ0n) is 14.8. The van der Waals surface area contributed by atoms with E-state index in [1.807, 2.05) is 13.8 Å². The highest BCUT2D eigenvalue weighted by Gasteiger charge is 2.16. The first-order valence-corrected chi connectivity index (χ1v) is 8.03. The highest BCUT2D eigenvalue weighted by Crippen LogP contribution is 2.30. The molecular formula is C18H20N2O6. The number of nitro groups is 1. The van der Waals surface area contributed by atoms with Gasteiger partial charge < -0.3 is 19.5 Å². The van der Waals surface area contributed by atoms with E-state index in [0.29, 0.717) is 36.0 Å². The van der Waals surface area contributed by atoms with Gasteiger partial charge in [0.05, 0.1) is 37.0 Å². The molecule has 1 N–H and O–H groups in total. The molecule has 0 saturated heterocycles. The maximum absolute atomic E-state index is 12.6. The third kappa shape index (κ3) is 4.62. The maximum Gasteiger partial charge on any atom is 0.273 e. The minimum absolute atomic E-state index is 0.128. The van der Waals surface area contributed by atoms with Gasteiger partial charge in [0.2, 0.25) is 0 Å². The van der Waals surface area contributed by atoms with Gasteiger partial charge >= 0.3 is 0 Å². The maximum atomic E-state index is 12.6. The minimum atomic E-state index is -0.534. The van der Waals surface area contributed by atoms with E-state index < -0.39 is 10.8 Å². The van der Waals surface area contributed by atoms with Crippen molar-refractivity contribution in [3.05, 3.63) is 52.1 Å². The second kappa shape index (κ2) is 8.70. The van der Waals surface area contributed by atoms with Crippen LogP contribution >= 0.6 is 0 Å². The largest absolute Gasteiger partial charge is 0.494 e. The fourth-order valence-corrected chi connectivity index (χ4v) is 2.29. The van der Waals surface area contributed by atoms with Gasteiger partial charge in [-0.25, -0.2) is 0 Å². The third-order valence-electron chi connectivity index (χ3n) is 3.41. The molecule has 0 aliphatic heterocycles. The number of carbonyl (C=O) groups excluding carboxylic acids is 1. The van der Waals surface area contributed by atoms with E-state index in [1.54, 1.807) is 18.2 Å². The predicted molar refractivity (Wildman–Crippen MR) is 96.4 cm³/mol. The Morgan fingerprint density at radius 3 is 2.19 bits per heavy atom. The molecule has 0 radical (unpaired) electrons. The molecule has 0 aliphatic rings. The normalized spacial score (nSPS) is 10.1. The number of ether oxygens (including phenoxy) is 3. The number of anilines is 1. The van der Waals surface area contributed by atoms with Crippen molar-refractivity contribution >= 4 is 17.3 Å². The first-order valence-electron chi connectivity index (χ1n) is 8.03. The summed E-state index contributed by atoms with van der Waals surface area (Å²) < 4.78 is 16.1. The minimum Gasteiger partial charge on any atom is -0.494 e. The molecule has 0 aromatic heterocycles. The van der Waals surface area contributed by atoms with Crippen molar-refractivity contribution in [2.75, 3.05) is 25.6 Å². The van der Waals surface area contributed by atoms with Gasteiger partial charge in [0.15, 0.2) is 0 Å². The van der Waals surface area contributed by atoms with Crippen LogP contribution < -0.4 is 19.5 Å². The molecule has 0 heterocycles. The van der Waals surface area contributed by atoms with Crippen LogP contribution in [0.4, 0.5) is 11.4 Å². The fourth-order valence-electron chi connectivity index (χ4n) is 2.29. The summed E-state index contributed by atoms with van der Waals surface area (Å²) in [5.74, 6) is 0.803. The quantitative estimate of drug-likeness (QED) is 0.570. The van der Waals surface area contributed by atoms with Gasteiger partial charge in [0, 0.05) is 17.7 Å². The van der Waals surface area contributed by atoms with Gasteiger partial charge in [-0.3, -0.25) is 14.9 Å². The van der Waals surface area contributed by atoms with E-state index >= 15 is 0 Å². The number of nitro benzene ring substituents is 1. The lowest BCUT2D eigenvalue weighted by molar-refractivity contribution is -0.384. The summed E-state index contributed by atoms with van der Waals surface area (Å²) in [5, 5.41) is 13.5. The van der Waals surface area contributed by atoms with E-state index in [4.69, 9.17) is 14.2 Å². The Morgan fingerprint density at radius 2 is 1.69 bits per heavy atom. The number of hydrogen-bond donors (Lipinski definition) is 1. The molecular weight excluding hydrogens is 340 g/mol. The Bertz CT molecular complexity index is 782. The molecule has 0 fully saturated rings. The molecule has 2 aromatic carbocycles. The van der Waals surface area contributed by atoms with Crippen LogP contribution in [0.25, 0.3) is 0 Å². The molecule has 2 rings (SSSR count). The average molecular weight is 360 g/mol. The Labute approximate surface area is 150 Å². The standard InChI is InChI=1S/C18H20N2O6/c1-4-25-14-8-12(9-15(11-14)26-5-2)18(21)19-16-7-6-13(20(22)23)10-17(16)24-3/h6-11H,4-5H2,1-3H3,(H,19,21). The summed E-state index contributed by atoms with van der Waals surface area (Å²) in [6.07, 6.45) is 0. The first-order chi connectivity index (χ1) is 12.5. The van der Waals surface area contributed by atoms with Crippen molar-refractivity contribution in [1.29, 1.82) is 0 Å². The van der Waals surface area contributed by atoms with E-state index in [-0.39, 0.29) is 11.4 Å².